The highest BCUT2D eigenvalue weighted by molar-refractivity contribution is 6.00. The number of carbonyl (C=O) groups is 2. The van der Waals surface area contributed by atoms with Crippen molar-refractivity contribution >= 4 is 11.8 Å². The molecule has 1 unspecified atom stereocenters. The van der Waals surface area contributed by atoms with Crippen LogP contribution in [0.15, 0.2) is 0 Å². The van der Waals surface area contributed by atoms with Gasteiger partial charge in [-0.3, -0.25) is 4.79 Å². The second-order valence-electron chi connectivity index (χ2n) is 2.70. The maximum Gasteiger partial charge on any atom is 0.342 e. The van der Waals surface area contributed by atoms with Crippen LogP contribution in [0.5, 0.6) is 0 Å². The average molecular weight is 174 g/mol. The summed E-state index contributed by atoms with van der Waals surface area (Å²) >= 11 is 0. The number of hydrogen-bond acceptors (Lipinski definition) is 4. The van der Waals surface area contributed by atoms with E-state index in [4.69, 9.17) is 4.74 Å². The van der Waals surface area contributed by atoms with Crippen molar-refractivity contribution in [2.45, 2.75) is 33.0 Å². The molecule has 0 aliphatic heterocycles. The van der Waals surface area contributed by atoms with Crippen LogP contribution in [-0.2, 0) is 19.1 Å². The Hall–Kier alpha value is -0.900. The molecule has 4 nitrogen and oxygen atoms in total. The fourth-order valence-electron chi connectivity index (χ4n) is 0.697. The minimum Gasteiger partial charge on any atom is -0.467 e. The SMILES string of the molecule is COC(=O)C(OC(C)C)C(C)=O. The van der Waals surface area contributed by atoms with Crippen LogP contribution in [0.4, 0.5) is 0 Å². The smallest absolute Gasteiger partial charge is 0.342 e. The first-order valence-corrected chi connectivity index (χ1v) is 3.72. The van der Waals surface area contributed by atoms with E-state index in [0.29, 0.717) is 0 Å². The van der Waals surface area contributed by atoms with Crippen molar-refractivity contribution in [1.82, 2.24) is 0 Å². The summed E-state index contributed by atoms with van der Waals surface area (Å²) in [5, 5.41) is 0. The summed E-state index contributed by atoms with van der Waals surface area (Å²) < 4.78 is 9.43. The Morgan fingerprint density at radius 2 is 1.75 bits per heavy atom. The molecule has 0 aromatic carbocycles. The molecule has 0 saturated carbocycles. The monoisotopic (exact) mass is 174 g/mol. The van der Waals surface area contributed by atoms with Gasteiger partial charge in [0.2, 0.25) is 6.10 Å². The zero-order chi connectivity index (χ0) is 9.72. The first-order valence-electron chi connectivity index (χ1n) is 3.72. The molecule has 0 amide bonds. The first-order chi connectivity index (χ1) is 5.49. The average Bonchev–Trinajstić information content (AvgIpc) is 1.98. The van der Waals surface area contributed by atoms with Crippen LogP contribution in [0.1, 0.15) is 20.8 Å². The Bertz CT molecular complexity index is 174. The highest BCUT2D eigenvalue weighted by Gasteiger charge is 2.25. The largest absolute Gasteiger partial charge is 0.467 e. The summed E-state index contributed by atoms with van der Waals surface area (Å²) in [6.45, 7) is 4.79. The number of ether oxygens (including phenoxy) is 2. The Morgan fingerprint density at radius 3 is 2.00 bits per heavy atom. The lowest BCUT2D eigenvalue weighted by Crippen LogP contribution is -2.34. The molecule has 0 saturated heterocycles. The third kappa shape index (κ3) is 3.48. The lowest BCUT2D eigenvalue weighted by molar-refractivity contribution is -0.161. The third-order valence-corrected chi connectivity index (χ3v) is 1.19. The van der Waals surface area contributed by atoms with Gasteiger partial charge in [0.25, 0.3) is 0 Å². The van der Waals surface area contributed by atoms with Crippen molar-refractivity contribution in [2.75, 3.05) is 7.11 Å². The zero-order valence-corrected chi connectivity index (χ0v) is 7.79. The van der Waals surface area contributed by atoms with E-state index in [-0.39, 0.29) is 11.9 Å². The molecular weight excluding hydrogens is 160 g/mol. The van der Waals surface area contributed by atoms with Gasteiger partial charge in [-0.15, -0.1) is 0 Å². The predicted molar refractivity (Wildman–Crippen MR) is 42.7 cm³/mol. The van der Waals surface area contributed by atoms with E-state index in [1.54, 1.807) is 13.8 Å². The molecule has 0 rings (SSSR count). The van der Waals surface area contributed by atoms with Crippen molar-refractivity contribution in [3.05, 3.63) is 0 Å². The summed E-state index contributed by atoms with van der Waals surface area (Å²) in [6.07, 6.45) is -1.24. The molecule has 12 heavy (non-hydrogen) atoms. The standard InChI is InChI=1S/C8H14O4/c1-5(2)12-7(6(3)9)8(10)11-4/h5,7H,1-4H3. The fraction of sp³-hybridized carbons (Fsp3) is 0.750. The molecule has 70 valence electrons. The Labute approximate surface area is 71.8 Å². The minimum absolute atomic E-state index is 0.169. The molecule has 0 heterocycles. The van der Waals surface area contributed by atoms with E-state index in [9.17, 15) is 9.59 Å². The van der Waals surface area contributed by atoms with E-state index in [0.717, 1.165) is 0 Å². The summed E-state index contributed by atoms with van der Waals surface area (Å²) in [4.78, 5) is 21.8. The minimum atomic E-state index is -1.07. The zero-order valence-electron chi connectivity index (χ0n) is 7.79. The summed E-state index contributed by atoms with van der Waals surface area (Å²) in [6, 6.07) is 0. The molecule has 0 aliphatic carbocycles. The molecule has 0 fully saturated rings. The van der Waals surface area contributed by atoms with Gasteiger partial charge in [-0.05, 0) is 20.8 Å². The molecule has 0 aromatic rings. The van der Waals surface area contributed by atoms with E-state index in [2.05, 4.69) is 4.74 Å². The molecule has 0 spiro atoms. The number of methoxy groups -OCH3 is 1. The van der Waals surface area contributed by atoms with Crippen LogP contribution >= 0.6 is 0 Å². The highest BCUT2D eigenvalue weighted by Crippen LogP contribution is 2.01. The van der Waals surface area contributed by atoms with Crippen LogP contribution in [0.3, 0.4) is 0 Å². The number of Topliss-reactive ketones (excluding diaryl/α,β-unsaturated/α-hetero) is 1. The molecule has 0 aliphatic rings. The Balaban J connectivity index is 4.23. The number of carbonyl (C=O) groups excluding carboxylic acids is 2. The third-order valence-electron chi connectivity index (χ3n) is 1.19. The normalized spacial score (nSPS) is 12.8. The van der Waals surface area contributed by atoms with Crippen molar-refractivity contribution in [2.24, 2.45) is 0 Å². The first kappa shape index (κ1) is 11.1. The molecule has 1 atom stereocenters. The lowest BCUT2D eigenvalue weighted by atomic mass is 10.2. The number of hydrogen-bond donors (Lipinski definition) is 0. The van der Waals surface area contributed by atoms with Crippen molar-refractivity contribution in [3.63, 3.8) is 0 Å². The fourth-order valence-corrected chi connectivity index (χ4v) is 0.697. The van der Waals surface area contributed by atoms with E-state index < -0.39 is 12.1 Å². The van der Waals surface area contributed by atoms with Gasteiger partial charge in [0, 0.05) is 0 Å². The van der Waals surface area contributed by atoms with Gasteiger partial charge in [-0.1, -0.05) is 0 Å². The Kier molecular flexibility index (Phi) is 4.51. The second-order valence-corrected chi connectivity index (χ2v) is 2.70. The van der Waals surface area contributed by atoms with E-state index in [1.165, 1.54) is 14.0 Å². The van der Waals surface area contributed by atoms with Crippen molar-refractivity contribution in [1.29, 1.82) is 0 Å². The summed E-state index contributed by atoms with van der Waals surface area (Å²) in [7, 11) is 1.22. The van der Waals surface area contributed by atoms with Crippen LogP contribution in [0.2, 0.25) is 0 Å². The quantitative estimate of drug-likeness (QED) is 0.461. The van der Waals surface area contributed by atoms with Crippen LogP contribution in [0, 0.1) is 0 Å². The van der Waals surface area contributed by atoms with E-state index >= 15 is 0 Å². The second kappa shape index (κ2) is 4.87. The Morgan fingerprint density at radius 1 is 1.25 bits per heavy atom. The van der Waals surface area contributed by atoms with Crippen molar-refractivity contribution in [3.8, 4) is 0 Å². The lowest BCUT2D eigenvalue weighted by Gasteiger charge is -2.14. The highest BCUT2D eigenvalue weighted by atomic mass is 16.6. The van der Waals surface area contributed by atoms with Gasteiger partial charge < -0.3 is 9.47 Å². The molecule has 0 bridgehead atoms. The van der Waals surface area contributed by atoms with Gasteiger partial charge in [0.1, 0.15) is 0 Å². The molecule has 0 aromatic heterocycles. The van der Waals surface area contributed by atoms with E-state index in [1.807, 2.05) is 0 Å². The van der Waals surface area contributed by atoms with Gasteiger partial charge >= 0.3 is 5.97 Å². The maximum atomic E-state index is 10.9. The van der Waals surface area contributed by atoms with Crippen LogP contribution in [-0.4, -0.2) is 31.1 Å². The maximum absolute atomic E-state index is 10.9. The van der Waals surface area contributed by atoms with Gasteiger partial charge in [0.05, 0.1) is 13.2 Å². The topological polar surface area (TPSA) is 52.6 Å². The summed E-state index contributed by atoms with van der Waals surface area (Å²) in [5.74, 6) is -0.980. The molecular formula is C8H14O4. The molecule has 0 N–H and O–H groups in total. The van der Waals surface area contributed by atoms with Gasteiger partial charge in [-0.2, -0.15) is 0 Å². The van der Waals surface area contributed by atoms with Crippen molar-refractivity contribution < 1.29 is 19.1 Å². The van der Waals surface area contributed by atoms with Gasteiger partial charge in [-0.25, -0.2) is 4.79 Å². The number of ketones is 1. The number of rotatable bonds is 4. The number of esters is 1. The van der Waals surface area contributed by atoms with Crippen LogP contribution < -0.4 is 0 Å². The van der Waals surface area contributed by atoms with Crippen LogP contribution in [0.25, 0.3) is 0 Å². The van der Waals surface area contributed by atoms with Gasteiger partial charge in [0.15, 0.2) is 5.78 Å². The molecule has 0 radical (unpaired) electrons. The molecule has 4 heteroatoms. The predicted octanol–water partition coefficient (Wildman–Crippen LogP) is 0.542. The summed E-state index contributed by atoms with van der Waals surface area (Å²) in [5.41, 5.74) is 0.